The van der Waals surface area contributed by atoms with Crippen molar-refractivity contribution in [3.8, 4) is 0 Å². The van der Waals surface area contributed by atoms with E-state index in [4.69, 9.17) is 11.6 Å². The third-order valence-corrected chi connectivity index (χ3v) is 4.30. The largest absolute Gasteiger partial charge is 0.342 e. The molecule has 2 aliphatic rings. The van der Waals surface area contributed by atoms with Crippen LogP contribution in [-0.2, 0) is 9.59 Å². The summed E-state index contributed by atoms with van der Waals surface area (Å²) in [5.74, 6) is 0.501. The van der Waals surface area contributed by atoms with Gasteiger partial charge in [0.2, 0.25) is 11.8 Å². The van der Waals surface area contributed by atoms with Gasteiger partial charge in [-0.3, -0.25) is 9.59 Å². The van der Waals surface area contributed by atoms with Crippen molar-refractivity contribution >= 4 is 23.4 Å². The number of nitrogens with one attached hydrogen (secondary N) is 1. The molecule has 1 saturated heterocycles. The lowest BCUT2D eigenvalue weighted by Gasteiger charge is -2.40. The lowest BCUT2D eigenvalue weighted by atomic mass is 9.93. The summed E-state index contributed by atoms with van der Waals surface area (Å²) in [5.41, 5.74) is 1.40. The first-order valence-corrected chi connectivity index (χ1v) is 7.39. The van der Waals surface area contributed by atoms with Crippen LogP contribution >= 0.6 is 11.6 Å². The predicted molar refractivity (Wildman–Crippen MR) is 74.6 cm³/mol. The van der Waals surface area contributed by atoms with Crippen molar-refractivity contribution < 1.29 is 9.59 Å². The molecule has 3 atom stereocenters. The van der Waals surface area contributed by atoms with Gasteiger partial charge in [0.05, 0.1) is 0 Å². The SMILES string of the molecule is CCC(C)C1NC(=O)C(C2CC2)N(C/C=C/Cl)C1=O. The molecule has 1 saturated carbocycles. The molecular weight excluding hydrogens is 264 g/mol. The minimum absolute atomic E-state index is 0.00428. The molecule has 3 unspecified atom stereocenters. The normalized spacial score (nSPS) is 29.7. The van der Waals surface area contributed by atoms with E-state index in [1.807, 2.05) is 13.8 Å². The smallest absolute Gasteiger partial charge is 0.246 e. The number of nitrogens with zero attached hydrogens (tertiary/aromatic N) is 1. The molecule has 5 heteroatoms. The van der Waals surface area contributed by atoms with Crippen molar-refractivity contribution in [2.24, 2.45) is 11.8 Å². The van der Waals surface area contributed by atoms with Crippen LogP contribution in [-0.4, -0.2) is 35.3 Å². The average Bonchev–Trinajstić information content (AvgIpc) is 3.22. The Balaban J connectivity index is 2.19. The zero-order chi connectivity index (χ0) is 14.0. The molecule has 2 fully saturated rings. The Labute approximate surface area is 119 Å². The van der Waals surface area contributed by atoms with Crippen LogP contribution in [0.5, 0.6) is 0 Å². The van der Waals surface area contributed by atoms with E-state index in [0.717, 1.165) is 19.3 Å². The molecule has 0 bridgehead atoms. The summed E-state index contributed by atoms with van der Waals surface area (Å²) in [6.07, 6.45) is 4.64. The number of carbonyl (C=O) groups is 2. The molecule has 1 aliphatic carbocycles. The second kappa shape index (κ2) is 5.95. The van der Waals surface area contributed by atoms with Crippen LogP contribution in [0.3, 0.4) is 0 Å². The fourth-order valence-electron chi connectivity index (χ4n) is 2.62. The van der Waals surface area contributed by atoms with Crippen molar-refractivity contribution in [1.29, 1.82) is 0 Å². The molecule has 106 valence electrons. The van der Waals surface area contributed by atoms with Crippen LogP contribution in [0.25, 0.3) is 0 Å². The van der Waals surface area contributed by atoms with Crippen molar-refractivity contribution in [2.45, 2.75) is 45.2 Å². The molecule has 19 heavy (non-hydrogen) atoms. The quantitative estimate of drug-likeness (QED) is 0.838. The molecule has 0 spiro atoms. The number of hydrogen-bond donors (Lipinski definition) is 1. The standard InChI is InChI=1S/C14H21ClN2O2/c1-3-9(2)11-14(19)17(8-4-7-15)12(10-5-6-10)13(18)16-11/h4,7,9-12H,3,5-6,8H2,1-2H3,(H,16,18)/b7-4+. The summed E-state index contributed by atoms with van der Waals surface area (Å²) in [7, 11) is 0. The minimum Gasteiger partial charge on any atom is -0.342 e. The van der Waals surface area contributed by atoms with Gasteiger partial charge >= 0.3 is 0 Å². The maximum Gasteiger partial charge on any atom is 0.246 e. The van der Waals surface area contributed by atoms with E-state index in [0.29, 0.717) is 12.5 Å². The van der Waals surface area contributed by atoms with Crippen LogP contribution in [0, 0.1) is 11.8 Å². The molecule has 0 radical (unpaired) electrons. The van der Waals surface area contributed by atoms with Gasteiger partial charge in [0.25, 0.3) is 0 Å². The summed E-state index contributed by atoms with van der Waals surface area (Å²) >= 11 is 5.55. The van der Waals surface area contributed by atoms with Gasteiger partial charge in [-0.1, -0.05) is 37.9 Å². The highest BCUT2D eigenvalue weighted by atomic mass is 35.5. The first-order chi connectivity index (χ1) is 9.10. The average molecular weight is 285 g/mol. The lowest BCUT2D eigenvalue weighted by Crippen LogP contribution is -2.65. The van der Waals surface area contributed by atoms with Gasteiger partial charge < -0.3 is 10.2 Å². The molecule has 1 heterocycles. The van der Waals surface area contributed by atoms with Gasteiger partial charge in [0.1, 0.15) is 12.1 Å². The third-order valence-electron chi connectivity index (χ3n) is 4.12. The van der Waals surface area contributed by atoms with Gasteiger partial charge in [-0.25, -0.2) is 0 Å². The number of amides is 2. The number of carbonyl (C=O) groups excluding carboxylic acids is 2. The molecular formula is C14H21ClN2O2. The van der Waals surface area contributed by atoms with E-state index < -0.39 is 6.04 Å². The molecule has 1 aliphatic heterocycles. The van der Waals surface area contributed by atoms with Gasteiger partial charge in [0, 0.05) is 12.1 Å². The number of hydrogen-bond acceptors (Lipinski definition) is 2. The molecule has 2 amide bonds. The van der Waals surface area contributed by atoms with E-state index in [-0.39, 0.29) is 23.8 Å². The monoisotopic (exact) mass is 284 g/mol. The topological polar surface area (TPSA) is 49.4 Å². The summed E-state index contributed by atoms with van der Waals surface area (Å²) < 4.78 is 0. The van der Waals surface area contributed by atoms with Crippen molar-refractivity contribution in [1.82, 2.24) is 10.2 Å². The Morgan fingerprint density at radius 3 is 2.68 bits per heavy atom. The maximum atomic E-state index is 12.6. The van der Waals surface area contributed by atoms with Crippen LogP contribution in [0.15, 0.2) is 11.6 Å². The van der Waals surface area contributed by atoms with E-state index in [1.54, 1.807) is 11.0 Å². The van der Waals surface area contributed by atoms with Gasteiger partial charge in [-0.15, -0.1) is 0 Å². The van der Waals surface area contributed by atoms with Crippen molar-refractivity contribution in [3.05, 3.63) is 11.6 Å². The van der Waals surface area contributed by atoms with E-state index in [2.05, 4.69) is 5.32 Å². The molecule has 2 rings (SSSR count). The van der Waals surface area contributed by atoms with Crippen LogP contribution in [0.2, 0.25) is 0 Å². The fraction of sp³-hybridized carbons (Fsp3) is 0.714. The van der Waals surface area contributed by atoms with Crippen LogP contribution < -0.4 is 5.32 Å². The third kappa shape index (κ3) is 2.94. The highest BCUT2D eigenvalue weighted by molar-refractivity contribution is 6.25. The Morgan fingerprint density at radius 2 is 2.16 bits per heavy atom. The maximum absolute atomic E-state index is 12.6. The Morgan fingerprint density at radius 1 is 1.47 bits per heavy atom. The second-order valence-electron chi connectivity index (χ2n) is 5.51. The summed E-state index contributed by atoms with van der Waals surface area (Å²) in [6, 6.07) is -0.697. The number of piperazine rings is 1. The van der Waals surface area contributed by atoms with Gasteiger partial charge in [0.15, 0.2) is 0 Å². The zero-order valence-electron chi connectivity index (χ0n) is 11.4. The Kier molecular flexibility index (Phi) is 4.50. The Bertz CT molecular complexity index is 393. The van der Waals surface area contributed by atoms with Crippen LogP contribution in [0.1, 0.15) is 33.1 Å². The second-order valence-corrected chi connectivity index (χ2v) is 5.76. The Hall–Kier alpha value is -1.03. The molecule has 1 N–H and O–H groups in total. The summed E-state index contributed by atoms with van der Waals surface area (Å²) in [6.45, 7) is 4.44. The summed E-state index contributed by atoms with van der Waals surface area (Å²) in [5, 5.41) is 2.91. The molecule has 4 nitrogen and oxygen atoms in total. The number of halogens is 1. The van der Waals surface area contributed by atoms with E-state index in [9.17, 15) is 9.59 Å². The zero-order valence-corrected chi connectivity index (χ0v) is 12.2. The predicted octanol–water partition coefficient (Wildman–Crippen LogP) is 1.89. The highest BCUT2D eigenvalue weighted by Crippen LogP contribution is 2.37. The fourth-order valence-corrected chi connectivity index (χ4v) is 2.70. The first kappa shape index (κ1) is 14.4. The first-order valence-electron chi connectivity index (χ1n) is 6.96. The van der Waals surface area contributed by atoms with Crippen molar-refractivity contribution in [3.63, 3.8) is 0 Å². The molecule has 0 aromatic heterocycles. The van der Waals surface area contributed by atoms with Gasteiger partial charge in [-0.2, -0.15) is 0 Å². The number of rotatable bonds is 5. The molecule has 0 aromatic carbocycles. The summed E-state index contributed by atoms with van der Waals surface area (Å²) in [4.78, 5) is 26.5. The van der Waals surface area contributed by atoms with E-state index >= 15 is 0 Å². The lowest BCUT2D eigenvalue weighted by molar-refractivity contribution is -0.151. The van der Waals surface area contributed by atoms with E-state index in [1.165, 1.54) is 5.54 Å². The highest BCUT2D eigenvalue weighted by Gasteiger charge is 2.48. The minimum atomic E-state index is -0.392. The van der Waals surface area contributed by atoms with Crippen LogP contribution in [0.4, 0.5) is 0 Å². The van der Waals surface area contributed by atoms with Gasteiger partial charge in [-0.05, 0) is 24.7 Å². The van der Waals surface area contributed by atoms with Crippen molar-refractivity contribution in [2.75, 3.05) is 6.54 Å². The molecule has 0 aromatic rings.